The van der Waals surface area contributed by atoms with Gasteiger partial charge in [0.15, 0.2) is 5.78 Å². The van der Waals surface area contributed by atoms with Crippen LogP contribution in [0.4, 0.5) is 0 Å². The lowest BCUT2D eigenvalue weighted by Crippen LogP contribution is -2.29. The molecule has 1 unspecified atom stereocenters. The second kappa shape index (κ2) is 4.81. The van der Waals surface area contributed by atoms with E-state index < -0.39 is 0 Å². The van der Waals surface area contributed by atoms with Crippen molar-refractivity contribution in [3.8, 4) is 0 Å². The van der Waals surface area contributed by atoms with E-state index in [1.165, 1.54) is 29.6 Å². The molecule has 1 aromatic carbocycles. The van der Waals surface area contributed by atoms with E-state index in [2.05, 4.69) is 26.0 Å². The zero-order chi connectivity index (χ0) is 14.6. The van der Waals surface area contributed by atoms with E-state index in [9.17, 15) is 4.79 Å². The standard InChI is InChI=1S/C19H22O2/c1-11(2)19-9-14-8-18(20)15-6-5-13(12-3-4-12)7-16(15)17(14)10-21-19/h5-7,11-12,19H,3-4,8-10H2,1-2H3. The van der Waals surface area contributed by atoms with Crippen molar-refractivity contribution in [1.29, 1.82) is 0 Å². The summed E-state index contributed by atoms with van der Waals surface area (Å²) in [6.45, 7) is 5.06. The molecule has 3 aliphatic rings. The minimum absolute atomic E-state index is 0.268. The van der Waals surface area contributed by atoms with Crippen molar-refractivity contribution in [2.75, 3.05) is 6.61 Å². The van der Waals surface area contributed by atoms with Crippen molar-refractivity contribution >= 4 is 11.4 Å². The van der Waals surface area contributed by atoms with Crippen LogP contribution in [-0.4, -0.2) is 18.5 Å². The quantitative estimate of drug-likeness (QED) is 0.806. The summed E-state index contributed by atoms with van der Waals surface area (Å²) in [6.07, 6.45) is 4.38. The van der Waals surface area contributed by atoms with E-state index in [-0.39, 0.29) is 11.9 Å². The number of carbonyl (C=O) groups excluding carboxylic acids is 1. The van der Waals surface area contributed by atoms with Crippen molar-refractivity contribution in [1.82, 2.24) is 0 Å². The highest BCUT2D eigenvalue weighted by atomic mass is 16.5. The summed E-state index contributed by atoms with van der Waals surface area (Å²) in [5.74, 6) is 1.52. The van der Waals surface area contributed by atoms with Crippen LogP contribution in [0.2, 0.25) is 0 Å². The molecule has 4 rings (SSSR count). The Morgan fingerprint density at radius 1 is 1.19 bits per heavy atom. The highest BCUT2D eigenvalue weighted by molar-refractivity contribution is 6.06. The fourth-order valence-electron chi connectivity index (χ4n) is 3.61. The Morgan fingerprint density at radius 2 is 2.00 bits per heavy atom. The van der Waals surface area contributed by atoms with Gasteiger partial charge in [0.2, 0.25) is 0 Å². The van der Waals surface area contributed by atoms with Gasteiger partial charge in [-0.15, -0.1) is 0 Å². The van der Waals surface area contributed by atoms with E-state index >= 15 is 0 Å². The van der Waals surface area contributed by atoms with Crippen molar-refractivity contribution in [2.45, 2.75) is 51.6 Å². The smallest absolute Gasteiger partial charge is 0.167 e. The molecule has 0 radical (unpaired) electrons. The molecule has 0 aromatic heterocycles. The molecule has 2 nitrogen and oxygen atoms in total. The van der Waals surface area contributed by atoms with Crippen LogP contribution in [0.1, 0.15) is 66.9 Å². The lowest BCUT2D eigenvalue weighted by Gasteiger charge is -2.33. The van der Waals surface area contributed by atoms with Crippen LogP contribution < -0.4 is 0 Å². The van der Waals surface area contributed by atoms with Crippen molar-refractivity contribution < 1.29 is 9.53 Å². The highest BCUT2D eigenvalue weighted by Crippen LogP contribution is 2.44. The van der Waals surface area contributed by atoms with E-state index in [1.54, 1.807) is 0 Å². The molecule has 1 heterocycles. The third kappa shape index (κ3) is 2.26. The molecule has 21 heavy (non-hydrogen) atoms. The molecule has 1 saturated carbocycles. The molecule has 1 aromatic rings. The average Bonchev–Trinajstić information content (AvgIpc) is 3.31. The third-order valence-electron chi connectivity index (χ3n) is 5.15. The Bertz CT molecular complexity index is 635. The van der Waals surface area contributed by atoms with Crippen LogP contribution in [0.15, 0.2) is 23.8 Å². The second-order valence-electron chi connectivity index (χ2n) is 7.06. The molecule has 0 bridgehead atoms. The summed E-state index contributed by atoms with van der Waals surface area (Å²) in [6, 6.07) is 6.46. The SMILES string of the molecule is CC(C)C1CC2=C(CO1)c1cc(C3CC3)ccc1C(=O)C2. The van der Waals surface area contributed by atoms with Crippen molar-refractivity contribution in [2.24, 2.45) is 5.92 Å². The summed E-state index contributed by atoms with van der Waals surface area (Å²) in [4.78, 5) is 12.4. The molecule has 2 heteroatoms. The maximum Gasteiger partial charge on any atom is 0.167 e. The largest absolute Gasteiger partial charge is 0.373 e. The maximum absolute atomic E-state index is 12.4. The molecule has 0 spiro atoms. The van der Waals surface area contributed by atoms with Gasteiger partial charge < -0.3 is 4.74 Å². The van der Waals surface area contributed by atoms with Crippen LogP contribution in [-0.2, 0) is 4.74 Å². The molecule has 1 aliphatic heterocycles. The number of hydrogen-bond acceptors (Lipinski definition) is 2. The molecule has 0 saturated heterocycles. The first-order chi connectivity index (χ1) is 10.1. The van der Waals surface area contributed by atoms with Gasteiger partial charge in [-0.1, -0.05) is 37.6 Å². The Morgan fingerprint density at radius 3 is 2.71 bits per heavy atom. The van der Waals surface area contributed by atoms with E-state index in [0.29, 0.717) is 18.9 Å². The molecular formula is C19H22O2. The van der Waals surface area contributed by atoms with Gasteiger partial charge in [-0.25, -0.2) is 0 Å². The van der Waals surface area contributed by atoms with E-state index in [4.69, 9.17) is 4.74 Å². The number of Topliss-reactive ketones (excluding diaryl/α,β-unsaturated/α-hetero) is 1. The van der Waals surface area contributed by atoms with Gasteiger partial charge in [0, 0.05) is 12.0 Å². The van der Waals surface area contributed by atoms with Crippen LogP contribution in [0.5, 0.6) is 0 Å². The van der Waals surface area contributed by atoms with Gasteiger partial charge in [0.1, 0.15) is 0 Å². The highest BCUT2D eigenvalue weighted by Gasteiger charge is 2.33. The van der Waals surface area contributed by atoms with Gasteiger partial charge in [-0.3, -0.25) is 4.79 Å². The number of ketones is 1. The Labute approximate surface area is 126 Å². The molecular weight excluding hydrogens is 260 g/mol. The zero-order valence-corrected chi connectivity index (χ0v) is 12.8. The number of ether oxygens (including phenoxy) is 1. The Kier molecular flexibility index (Phi) is 3.04. The fraction of sp³-hybridized carbons (Fsp3) is 0.526. The number of rotatable bonds is 2. The molecule has 1 atom stereocenters. The predicted molar refractivity (Wildman–Crippen MR) is 83.5 cm³/mol. The zero-order valence-electron chi connectivity index (χ0n) is 12.8. The first-order valence-electron chi connectivity index (χ1n) is 8.13. The lowest BCUT2D eigenvalue weighted by molar-refractivity contribution is 0.0350. The molecule has 1 fully saturated rings. The van der Waals surface area contributed by atoms with Crippen LogP contribution in [0, 0.1) is 5.92 Å². The van der Waals surface area contributed by atoms with Gasteiger partial charge in [0.05, 0.1) is 12.7 Å². The van der Waals surface area contributed by atoms with Crippen molar-refractivity contribution in [3.63, 3.8) is 0 Å². The summed E-state index contributed by atoms with van der Waals surface area (Å²) >= 11 is 0. The lowest BCUT2D eigenvalue weighted by atomic mass is 9.79. The third-order valence-corrected chi connectivity index (χ3v) is 5.15. The summed E-state index contributed by atoms with van der Waals surface area (Å²) in [7, 11) is 0. The Hall–Kier alpha value is -1.41. The number of fused-ring (bicyclic) bond motifs is 2. The minimum atomic E-state index is 0.268. The predicted octanol–water partition coefficient (Wildman–Crippen LogP) is 4.35. The van der Waals surface area contributed by atoms with Crippen LogP contribution in [0.25, 0.3) is 5.57 Å². The fourth-order valence-corrected chi connectivity index (χ4v) is 3.61. The number of benzene rings is 1. The summed E-state index contributed by atoms with van der Waals surface area (Å²) in [5.41, 5.74) is 6.09. The molecule has 2 aliphatic carbocycles. The van der Waals surface area contributed by atoms with Crippen LogP contribution in [0.3, 0.4) is 0 Å². The summed E-state index contributed by atoms with van der Waals surface area (Å²) in [5, 5.41) is 0. The first-order valence-corrected chi connectivity index (χ1v) is 8.13. The second-order valence-corrected chi connectivity index (χ2v) is 7.06. The molecule has 0 N–H and O–H groups in total. The minimum Gasteiger partial charge on any atom is -0.373 e. The monoisotopic (exact) mass is 282 g/mol. The number of hydrogen-bond donors (Lipinski definition) is 0. The summed E-state index contributed by atoms with van der Waals surface area (Å²) < 4.78 is 6.05. The van der Waals surface area contributed by atoms with Crippen LogP contribution >= 0.6 is 0 Å². The topological polar surface area (TPSA) is 26.3 Å². The maximum atomic E-state index is 12.4. The first kappa shape index (κ1) is 13.3. The van der Waals surface area contributed by atoms with Gasteiger partial charge in [-0.2, -0.15) is 0 Å². The van der Waals surface area contributed by atoms with Gasteiger partial charge in [0.25, 0.3) is 0 Å². The normalized spacial score (nSPS) is 25.1. The molecule has 0 amide bonds. The van der Waals surface area contributed by atoms with E-state index in [0.717, 1.165) is 23.5 Å². The Balaban J connectivity index is 1.76. The number of carbonyl (C=O) groups is 1. The van der Waals surface area contributed by atoms with E-state index in [1.807, 2.05) is 6.07 Å². The molecule has 110 valence electrons. The average molecular weight is 282 g/mol. The van der Waals surface area contributed by atoms with Gasteiger partial charge >= 0.3 is 0 Å². The van der Waals surface area contributed by atoms with Gasteiger partial charge in [-0.05, 0) is 47.8 Å². The van der Waals surface area contributed by atoms with Crippen molar-refractivity contribution in [3.05, 3.63) is 40.5 Å².